The SMILES string of the molecule is Cc1nn(C)c(C)c1/C=C/C(=O)NCc1ccc(-n2ccnc2)cc1. The number of amides is 1. The van der Waals surface area contributed by atoms with Crippen LogP contribution in [0.15, 0.2) is 49.1 Å². The molecule has 1 N–H and O–H groups in total. The number of benzene rings is 1. The van der Waals surface area contributed by atoms with E-state index in [9.17, 15) is 4.79 Å². The summed E-state index contributed by atoms with van der Waals surface area (Å²) in [6.45, 7) is 4.41. The van der Waals surface area contributed by atoms with Crippen LogP contribution in [0.4, 0.5) is 0 Å². The minimum Gasteiger partial charge on any atom is -0.348 e. The number of nitrogens with zero attached hydrogens (tertiary/aromatic N) is 4. The molecule has 25 heavy (non-hydrogen) atoms. The first-order chi connectivity index (χ1) is 12.0. The molecule has 0 aliphatic rings. The lowest BCUT2D eigenvalue weighted by Gasteiger charge is -2.05. The Morgan fingerprint density at radius 3 is 2.60 bits per heavy atom. The summed E-state index contributed by atoms with van der Waals surface area (Å²) in [5.74, 6) is -0.124. The van der Waals surface area contributed by atoms with Crippen LogP contribution in [-0.2, 0) is 18.4 Å². The molecule has 0 bridgehead atoms. The van der Waals surface area contributed by atoms with Crippen molar-refractivity contribution < 1.29 is 4.79 Å². The third-order valence-corrected chi connectivity index (χ3v) is 4.17. The molecule has 0 spiro atoms. The number of hydrogen-bond acceptors (Lipinski definition) is 3. The van der Waals surface area contributed by atoms with Gasteiger partial charge in [-0.25, -0.2) is 4.98 Å². The first-order valence-electron chi connectivity index (χ1n) is 8.08. The van der Waals surface area contributed by atoms with Crippen molar-refractivity contribution in [2.75, 3.05) is 0 Å². The van der Waals surface area contributed by atoms with E-state index in [1.54, 1.807) is 18.6 Å². The summed E-state index contributed by atoms with van der Waals surface area (Å²) in [5.41, 5.74) is 5.02. The molecule has 6 nitrogen and oxygen atoms in total. The lowest BCUT2D eigenvalue weighted by molar-refractivity contribution is -0.116. The number of carbonyl (C=O) groups excluding carboxylic acids is 1. The minimum atomic E-state index is -0.124. The third kappa shape index (κ3) is 3.85. The Morgan fingerprint density at radius 1 is 1.24 bits per heavy atom. The molecule has 0 atom stereocenters. The second-order valence-corrected chi connectivity index (χ2v) is 5.90. The number of rotatable bonds is 5. The Morgan fingerprint density at radius 2 is 2.00 bits per heavy atom. The van der Waals surface area contributed by atoms with Crippen LogP contribution < -0.4 is 5.32 Å². The van der Waals surface area contributed by atoms with E-state index in [1.165, 1.54) is 0 Å². The number of carbonyl (C=O) groups is 1. The average Bonchev–Trinajstić information content (AvgIpc) is 3.22. The molecule has 1 aromatic carbocycles. The predicted molar refractivity (Wildman–Crippen MR) is 97.1 cm³/mol. The Balaban J connectivity index is 1.58. The van der Waals surface area contributed by atoms with E-state index in [-0.39, 0.29) is 5.91 Å². The monoisotopic (exact) mass is 335 g/mol. The Hall–Kier alpha value is -3.15. The van der Waals surface area contributed by atoms with Crippen molar-refractivity contribution in [3.05, 3.63) is 71.6 Å². The van der Waals surface area contributed by atoms with Crippen LogP contribution in [-0.4, -0.2) is 25.2 Å². The largest absolute Gasteiger partial charge is 0.348 e. The highest BCUT2D eigenvalue weighted by atomic mass is 16.1. The van der Waals surface area contributed by atoms with Gasteiger partial charge in [0.15, 0.2) is 0 Å². The maximum Gasteiger partial charge on any atom is 0.244 e. The fourth-order valence-electron chi connectivity index (χ4n) is 2.64. The quantitative estimate of drug-likeness (QED) is 0.729. The summed E-state index contributed by atoms with van der Waals surface area (Å²) >= 11 is 0. The number of aromatic nitrogens is 4. The number of nitrogens with one attached hydrogen (secondary N) is 1. The van der Waals surface area contributed by atoms with Crippen molar-refractivity contribution >= 4 is 12.0 Å². The van der Waals surface area contributed by atoms with Crippen LogP contribution in [0.3, 0.4) is 0 Å². The van der Waals surface area contributed by atoms with Gasteiger partial charge in [-0.1, -0.05) is 12.1 Å². The van der Waals surface area contributed by atoms with Crippen LogP contribution in [0.5, 0.6) is 0 Å². The van der Waals surface area contributed by atoms with Gasteiger partial charge in [0.1, 0.15) is 0 Å². The van der Waals surface area contributed by atoms with Crippen molar-refractivity contribution in [2.45, 2.75) is 20.4 Å². The maximum absolute atomic E-state index is 12.0. The van der Waals surface area contributed by atoms with Crippen LogP contribution in [0.2, 0.25) is 0 Å². The second kappa shape index (κ2) is 7.17. The van der Waals surface area contributed by atoms with Crippen LogP contribution in [0.25, 0.3) is 11.8 Å². The summed E-state index contributed by atoms with van der Waals surface area (Å²) in [4.78, 5) is 16.1. The third-order valence-electron chi connectivity index (χ3n) is 4.17. The van der Waals surface area contributed by atoms with E-state index < -0.39 is 0 Å². The summed E-state index contributed by atoms with van der Waals surface area (Å²) in [6, 6.07) is 7.99. The van der Waals surface area contributed by atoms with E-state index in [0.717, 1.165) is 28.2 Å². The van der Waals surface area contributed by atoms with Gasteiger partial charge in [0, 0.05) is 49.0 Å². The Labute approximate surface area is 146 Å². The van der Waals surface area contributed by atoms with E-state index in [1.807, 2.05) is 66.7 Å². The molecular formula is C19H21N5O. The molecule has 2 aromatic heterocycles. The molecule has 0 aliphatic carbocycles. The fourth-order valence-corrected chi connectivity index (χ4v) is 2.64. The summed E-state index contributed by atoms with van der Waals surface area (Å²) in [6.07, 6.45) is 8.76. The zero-order valence-corrected chi connectivity index (χ0v) is 14.6. The molecule has 2 heterocycles. The average molecular weight is 335 g/mol. The molecule has 6 heteroatoms. The highest BCUT2D eigenvalue weighted by molar-refractivity contribution is 5.91. The van der Waals surface area contributed by atoms with Crippen molar-refractivity contribution in [3.8, 4) is 5.69 Å². The second-order valence-electron chi connectivity index (χ2n) is 5.90. The van der Waals surface area contributed by atoms with Gasteiger partial charge in [0.25, 0.3) is 0 Å². The summed E-state index contributed by atoms with van der Waals surface area (Å²) < 4.78 is 3.75. The molecule has 0 saturated carbocycles. The Kier molecular flexibility index (Phi) is 4.79. The lowest BCUT2D eigenvalue weighted by atomic mass is 10.2. The summed E-state index contributed by atoms with van der Waals surface area (Å²) in [7, 11) is 1.90. The molecule has 0 unspecified atom stereocenters. The molecular weight excluding hydrogens is 314 g/mol. The molecule has 0 fully saturated rings. The number of aryl methyl sites for hydroxylation is 2. The van der Waals surface area contributed by atoms with Gasteiger partial charge < -0.3 is 9.88 Å². The van der Waals surface area contributed by atoms with Gasteiger partial charge in [-0.15, -0.1) is 0 Å². The Bertz CT molecular complexity index is 889. The van der Waals surface area contributed by atoms with Crippen LogP contribution >= 0.6 is 0 Å². The zero-order chi connectivity index (χ0) is 17.8. The molecule has 0 saturated heterocycles. The lowest BCUT2D eigenvalue weighted by Crippen LogP contribution is -2.20. The fraction of sp³-hybridized carbons (Fsp3) is 0.211. The molecule has 3 rings (SSSR count). The molecule has 0 radical (unpaired) electrons. The van der Waals surface area contributed by atoms with E-state index in [2.05, 4.69) is 15.4 Å². The zero-order valence-electron chi connectivity index (χ0n) is 14.6. The first-order valence-corrected chi connectivity index (χ1v) is 8.08. The predicted octanol–water partition coefficient (Wildman–Crippen LogP) is 2.55. The highest BCUT2D eigenvalue weighted by Gasteiger charge is 2.06. The van der Waals surface area contributed by atoms with E-state index in [4.69, 9.17) is 0 Å². The smallest absolute Gasteiger partial charge is 0.244 e. The normalized spacial score (nSPS) is 11.2. The van der Waals surface area contributed by atoms with Gasteiger partial charge >= 0.3 is 0 Å². The van der Waals surface area contributed by atoms with E-state index in [0.29, 0.717) is 6.54 Å². The number of hydrogen-bond donors (Lipinski definition) is 1. The molecule has 128 valence electrons. The highest BCUT2D eigenvalue weighted by Crippen LogP contribution is 2.13. The van der Waals surface area contributed by atoms with Gasteiger partial charge in [-0.3, -0.25) is 9.48 Å². The summed E-state index contributed by atoms with van der Waals surface area (Å²) in [5, 5.41) is 7.24. The molecule has 0 aliphatic heterocycles. The van der Waals surface area contributed by atoms with Crippen LogP contribution in [0.1, 0.15) is 22.5 Å². The van der Waals surface area contributed by atoms with Gasteiger partial charge in [0.2, 0.25) is 5.91 Å². The van der Waals surface area contributed by atoms with Crippen molar-refractivity contribution in [3.63, 3.8) is 0 Å². The van der Waals surface area contributed by atoms with Gasteiger partial charge in [-0.05, 0) is 37.6 Å². The van der Waals surface area contributed by atoms with Crippen molar-refractivity contribution in [1.82, 2.24) is 24.6 Å². The maximum atomic E-state index is 12.0. The standard InChI is InChI=1S/C19H21N5O/c1-14-18(15(2)23(3)22-14)8-9-19(25)21-12-16-4-6-17(7-5-16)24-11-10-20-13-24/h4-11,13H,12H2,1-3H3,(H,21,25)/b9-8+. The van der Waals surface area contributed by atoms with Crippen LogP contribution in [0, 0.1) is 13.8 Å². The van der Waals surface area contributed by atoms with Crippen molar-refractivity contribution in [1.29, 1.82) is 0 Å². The van der Waals surface area contributed by atoms with Crippen molar-refractivity contribution in [2.24, 2.45) is 7.05 Å². The minimum absolute atomic E-state index is 0.124. The first kappa shape index (κ1) is 16.7. The number of imidazole rings is 1. The van der Waals surface area contributed by atoms with Gasteiger partial charge in [-0.2, -0.15) is 5.10 Å². The molecule has 1 amide bonds. The van der Waals surface area contributed by atoms with Gasteiger partial charge in [0.05, 0.1) is 12.0 Å². The molecule has 3 aromatic rings. The topological polar surface area (TPSA) is 64.7 Å². The van der Waals surface area contributed by atoms with E-state index >= 15 is 0 Å².